The molecule has 0 saturated carbocycles. The minimum Gasteiger partial charge on any atom is -0.276 e. The number of rotatable bonds is 5. The molecule has 0 bridgehead atoms. The molecule has 0 fully saturated rings. The van der Waals surface area contributed by atoms with Gasteiger partial charge in [0.15, 0.2) is 0 Å². The molecule has 0 aliphatic carbocycles. The van der Waals surface area contributed by atoms with Crippen LogP contribution in [-0.2, 0) is 6.42 Å². The number of hydrogen-bond donors (Lipinski definition) is 0. The molecular weight excluding hydrogens is 268 g/mol. The molecule has 2 heteroatoms. The molecule has 2 aromatic rings. The van der Waals surface area contributed by atoms with E-state index in [9.17, 15) is 4.79 Å². The van der Waals surface area contributed by atoms with E-state index in [4.69, 9.17) is 11.6 Å². The summed E-state index contributed by atoms with van der Waals surface area (Å²) in [6.07, 6.45) is 2.25. The lowest BCUT2D eigenvalue weighted by molar-refractivity contribution is 0.108. The first-order valence-corrected chi connectivity index (χ1v) is 7.37. The molecule has 2 rings (SSSR count). The lowest BCUT2D eigenvalue weighted by atomic mass is 9.92. The van der Waals surface area contributed by atoms with Gasteiger partial charge in [0.05, 0.1) is 0 Å². The molecule has 0 aliphatic heterocycles. The summed E-state index contributed by atoms with van der Waals surface area (Å²) in [6, 6.07) is 15.9. The summed E-state index contributed by atoms with van der Waals surface area (Å²) in [5, 5.41) is -0.413. The molecular formula is C18H19ClO. The third kappa shape index (κ3) is 3.49. The first kappa shape index (κ1) is 14.8. The van der Waals surface area contributed by atoms with Gasteiger partial charge in [0.2, 0.25) is 0 Å². The Morgan fingerprint density at radius 1 is 1.10 bits per heavy atom. The first-order chi connectivity index (χ1) is 9.61. The molecule has 20 heavy (non-hydrogen) atoms. The van der Waals surface area contributed by atoms with Gasteiger partial charge >= 0.3 is 0 Å². The van der Waals surface area contributed by atoms with Crippen LogP contribution in [0.3, 0.4) is 0 Å². The largest absolute Gasteiger partial charge is 0.276 e. The molecule has 0 saturated heterocycles. The zero-order valence-corrected chi connectivity index (χ0v) is 12.7. The highest BCUT2D eigenvalue weighted by Gasteiger charge is 2.08. The normalized spacial score (nSPS) is 12.2. The molecule has 0 aromatic heterocycles. The van der Waals surface area contributed by atoms with E-state index in [1.54, 1.807) is 12.1 Å². The smallest absolute Gasteiger partial charge is 0.252 e. The predicted octanol–water partition coefficient (Wildman–Crippen LogP) is 5.32. The van der Waals surface area contributed by atoms with Gasteiger partial charge in [0.1, 0.15) is 0 Å². The summed E-state index contributed by atoms with van der Waals surface area (Å²) in [4.78, 5) is 11.1. The fraction of sp³-hybridized carbons (Fsp3) is 0.278. The van der Waals surface area contributed by atoms with Crippen molar-refractivity contribution in [3.05, 3.63) is 59.7 Å². The average Bonchev–Trinajstić information content (AvgIpc) is 2.48. The number of carbonyl (C=O) groups excluding carboxylic acids is 1. The molecule has 0 radical (unpaired) electrons. The number of halogens is 1. The highest BCUT2D eigenvalue weighted by molar-refractivity contribution is 6.67. The third-order valence-electron chi connectivity index (χ3n) is 3.71. The molecule has 1 nitrogen and oxygen atoms in total. The van der Waals surface area contributed by atoms with Gasteiger partial charge in [-0.2, -0.15) is 0 Å². The average molecular weight is 287 g/mol. The van der Waals surface area contributed by atoms with E-state index >= 15 is 0 Å². The van der Waals surface area contributed by atoms with Crippen LogP contribution in [0.4, 0.5) is 0 Å². The first-order valence-electron chi connectivity index (χ1n) is 7.00. The Morgan fingerprint density at radius 3 is 2.35 bits per heavy atom. The van der Waals surface area contributed by atoms with Crippen molar-refractivity contribution >= 4 is 16.8 Å². The van der Waals surface area contributed by atoms with Crippen LogP contribution in [-0.4, -0.2) is 5.24 Å². The van der Waals surface area contributed by atoms with E-state index in [-0.39, 0.29) is 0 Å². The molecule has 2 aromatic carbocycles. The SMILES string of the molecule is CC[C@H](C)Cc1ccccc1-c1ccc(C(=O)Cl)cc1. The highest BCUT2D eigenvalue weighted by Crippen LogP contribution is 2.26. The zero-order chi connectivity index (χ0) is 14.5. The number of benzene rings is 2. The minimum absolute atomic E-state index is 0.413. The van der Waals surface area contributed by atoms with Crippen LogP contribution in [0, 0.1) is 5.92 Å². The fourth-order valence-corrected chi connectivity index (χ4v) is 2.41. The Labute approximate surface area is 125 Å². The molecule has 0 aliphatic rings. The van der Waals surface area contributed by atoms with Crippen molar-refractivity contribution in [3.63, 3.8) is 0 Å². The van der Waals surface area contributed by atoms with Gasteiger partial charge in [-0.05, 0) is 52.8 Å². The monoisotopic (exact) mass is 286 g/mol. The van der Waals surface area contributed by atoms with Gasteiger partial charge in [-0.3, -0.25) is 4.79 Å². The van der Waals surface area contributed by atoms with Gasteiger partial charge in [0.25, 0.3) is 5.24 Å². The van der Waals surface area contributed by atoms with Crippen molar-refractivity contribution in [2.45, 2.75) is 26.7 Å². The zero-order valence-electron chi connectivity index (χ0n) is 11.9. The Bertz CT molecular complexity index is 587. The maximum Gasteiger partial charge on any atom is 0.252 e. The Kier molecular flexibility index (Phi) is 4.97. The summed E-state index contributed by atoms with van der Waals surface area (Å²) in [7, 11) is 0. The second-order valence-corrected chi connectivity index (χ2v) is 5.57. The lowest BCUT2D eigenvalue weighted by Gasteiger charge is -2.13. The summed E-state index contributed by atoms with van der Waals surface area (Å²) in [5.41, 5.74) is 4.26. The molecule has 0 N–H and O–H groups in total. The van der Waals surface area contributed by atoms with Crippen molar-refractivity contribution in [3.8, 4) is 11.1 Å². The molecule has 0 spiro atoms. The Balaban J connectivity index is 2.34. The summed E-state index contributed by atoms with van der Waals surface area (Å²) in [5.74, 6) is 0.667. The van der Waals surface area contributed by atoms with Gasteiger partial charge in [-0.1, -0.05) is 56.7 Å². The fourth-order valence-electron chi connectivity index (χ4n) is 2.28. The van der Waals surface area contributed by atoms with Gasteiger partial charge in [0, 0.05) is 5.56 Å². The topological polar surface area (TPSA) is 17.1 Å². The third-order valence-corrected chi connectivity index (χ3v) is 3.92. The quantitative estimate of drug-likeness (QED) is 0.680. The summed E-state index contributed by atoms with van der Waals surface area (Å²) < 4.78 is 0. The van der Waals surface area contributed by atoms with Crippen LogP contribution < -0.4 is 0 Å². The second-order valence-electron chi connectivity index (χ2n) is 5.23. The molecule has 1 atom stereocenters. The van der Waals surface area contributed by atoms with Crippen molar-refractivity contribution in [2.75, 3.05) is 0 Å². The van der Waals surface area contributed by atoms with E-state index < -0.39 is 5.24 Å². The van der Waals surface area contributed by atoms with Crippen molar-refractivity contribution in [1.82, 2.24) is 0 Å². The summed E-state index contributed by atoms with van der Waals surface area (Å²) >= 11 is 5.48. The molecule has 0 heterocycles. The molecule has 104 valence electrons. The van der Waals surface area contributed by atoms with Crippen LogP contribution in [0.5, 0.6) is 0 Å². The van der Waals surface area contributed by atoms with E-state index in [1.807, 2.05) is 12.1 Å². The van der Waals surface area contributed by atoms with Crippen LogP contribution in [0.15, 0.2) is 48.5 Å². The van der Waals surface area contributed by atoms with Gasteiger partial charge in [-0.15, -0.1) is 0 Å². The Morgan fingerprint density at radius 2 is 1.75 bits per heavy atom. The van der Waals surface area contributed by atoms with E-state index in [2.05, 4.69) is 38.1 Å². The lowest BCUT2D eigenvalue weighted by Crippen LogP contribution is -1.99. The molecule has 0 unspecified atom stereocenters. The van der Waals surface area contributed by atoms with E-state index in [0.717, 1.165) is 12.0 Å². The molecule has 0 amide bonds. The predicted molar refractivity (Wildman–Crippen MR) is 85.2 cm³/mol. The highest BCUT2D eigenvalue weighted by atomic mass is 35.5. The van der Waals surface area contributed by atoms with E-state index in [0.29, 0.717) is 11.5 Å². The van der Waals surface area contributed by atoms with Crippen LogP contribution in [0.1, 0.15) is 36.2 Å². The van der Waals surface area contributed by atoms with Crippen LogP contribution in [0.2, 0.25) is 0 Å². The van der Waals surface area contributed by atoms with Crippen molar-refractivity contribution < 1.29 is 4.79 Å². The van der Waals surface area contributed by atoms with Crippen LogP contribution >= 0.6 is 11.6 Å². The maximum absolute atomic E-state index is 11.1. The van der Waals surface area contributed by atoms with Gasteiger partial charge < -0.3 is 0 Å². The minimum atomic E-state index is -0.413. The summed E-state index contributed by atoms with van der Waals surface area (Å²) in [6.45, 7) is 4.49. The second kappa shape index (κ2) is 6.71. The Hall–Kier alpha value is -1.60. The standard InChI is InChI=1S/C18H19ClO/c1-3-13(2)12-16-6-4-5-7-17(16)14-8-10-15(11-9-14)18(19)20/h4-11,13H,3,12H2,1-2H3/t13-/m0/s1. The maximum atomic E-state index is 11.1. The van der Waals surface area contributed by atoms with Gasteiger partial charge in [-0.25, -0.2) is 0 Å². The van der Waals surface area contributed by atoms with E-state index in [1.165, 1.54) is 17.5 Å². The number of hydrogen-bond acceptors (Lipinski definition) is 1. The number of carbonyl (C=O) groups is 1. The van der Waals surface area contributed by atoms with Crippen LogP contribution in [0.25, 0.3) is 11.1 Å². The van der Waals surface area contributed by atoms with Crippen molar-refractivity contribution in [2.24, 2.45) is 5.92 Å². The van der Waals surface area contributed by atoms with Crippen molar-refractivity contribution in [1.29, 1.82) is 0 Å².